The average molecular weight is 312 g/mol. The minimum Gasteiger partial charge on any atom is -0.463 e. The predicted molar refractivity (Wildman–Crippen MR) is 71.8 cm³/mol. The highest BCUT2D eigenvalue weighted by atomic mass is 16.7. The van der Waals surface area contributed by atoms with E-state index in [0.29, 0.717) is 5.90 Å². The van der Waals surface area contributed by atoms with Crippen LogP contribution in [0.5, 0.6) is 0 Å². The Morgan fingerprint density at radius 1 is 1.41 bits per heavy atom. The number of nitrogens with zero attached hydrogens (tertiary/aromatic N) is 4. The second-order valence-electron chi connectivity index (χ2n) is 4.87. The van der Waals surface area contributed by atoms with Gasteiger partial charge in [0.25, 0.3) is 0 Å². The monoisotopic (exact) mass is 312 g/mol. The molecule has 0 aromatic heterocycles. The molecule has 10 heteroatoms. The summed E-state index contributed by atoms with van der Waals surface area (Å²) in [5.74, 6) is -0.677. The number of rotatable bonds is 4. The molecule has 0 amide bonds. The van der Waals surface area contributed by atoms with Crippen molar-refractivity contribution in [1.82, 2.24) is 0 Å². The third-order valence-electron chi connectivity index (χ3n) is 3.20. The minimum absolute atomic E-state index is 0.150. The Balaban J connectivity index is 2.26. The maximum Gasteiger partial charge on any atom is 0.302 e. The van der Waals surface area contributed by atoms with Gasteiger partial charge in [0.2, 0.25) is 6.29 Å². The van der Waals surface area contributed by atoms with Crippen LogP contribution >= 0.6 is 0 Å². The van der Waals surface area contributed by atoms with Crippen molar-refractivity contribution in [3.8, 4) is 0 Å². The van der Waals surface area contributed by atoms with Crippen LogP contribution in [0.25, 0.3) is 10.4 Å². The van der Waals surface area contributed by atoms with E-state index in [0.717, 1.165) is 0 Å². The molecule has 0 aliphatic carbocycles. The van der Waals surface area contributed by atoms with E-state index in [2.05, 4.69) is 15.0 Å². The fourth-order valence-electron chi connectivity index (χ4n) is 2.41. The fourth-order valence-corrected chi connectivity index (χ4v) is 2.41. The minimum atomic E-state index is -0.882. The number of carbonyl (C=O) groups is 2. The number of ether oxygens (including phenoxy) is 4. The maximum absolute atomic E-state index is 11.3. The Morgan fingerprint density at radius 3 is 2.73 bits per heavy atom. The number of carbonyl (C=O) groups excluding carboxylic acids is 2. The molecule has 0 radical (unpaired) electrons. The van der Waals surface area contributed by atoms with Crippen molar-refractivity contribution in [2.45, 2.75) is 51.4 Å². The molecule has 0 bridgehead atoms. The molecule has 5 atom stereocenters. The number of esters is 2. The van der Waals surface area contributed by atoms with Crippen LogP contribution < -0.4 is 0 Å². The molecule has 2 aliphatic heterocycles. The molecular formula is C12H16N4O6. The van der Waals surface area contributed by atoms with Gasteiger partial charge < -0.3 is 18.9 Å². The smallest absolute Gasteiger partial charge is 0.302 e. The second kappa shape index (κ2) is 6.63. The van der Waals surface area contributed by atoms with Crippen molar-refractivity contribution in [3.63, 3.8) is 0 Å². The summed E-state index contributed by atoms with van der Waals surface area (Å²) in [4.78, 5) is 29.3. The number of fused-ring (bicyclic) bond motifs is 1. The summed E-state index contributed by atoms with van der Waals surface area (Å²) in [6, 6.07) is -1.51. The van der Waals surface area contributed by atoms with E-state index in [1.807, 2.05) is 0 Å². The summed E-state index contributed by atoms with van der Waals surface area (Å²) in [6.07, 6.45) is -2.44. The summed E-state index contributed by atoms with van der Waals surface area (Å²) in [5.41, 5.74) is 8.75. The molecule has 0 aromatic rings. The number of aliphatic imine (C=N–C) groups is 1. The normalized spacial score (nSPS) is 32.9. The molecule has 0 aromatic carbocycles. The van der Waals surface area contributed by atoms with Crippen LogP contribution in [0.3, 0.4) is 0 Å². The van der Waals surface area contributed by atoms with E-state index in [4.69, 9.17) is 24.5 Å². The largest absolute Gasteiger partial charge is 0.463 e. The molecular weight excluding hydrogens is 296 g/mol. The van der Waals surface area contributed by atoms with Crippen molar-refractivity contribution in [1.29, 1.82) is 0 Å². The van der Waals surface area contributed by atoms with E-state index in [1.54, 1.807) is 6.92 Å². The molecule has 2 aliphatic rings. The first kappa shape index (κ1) is 16.1. The van der Waals surface area contributed by atoms with Crippen LogP contribution in [0.4, 0.5) is 0 Å². The van der Waals surface area contributed by atoms with Crippen molar-refractivity contribution in [2.75, 3.05) is 6.61 Å². The van der Waals surface area contributed by atoms with Crippen molar-refractivity contribution in [2.24, 2.45) is 10.1 Å². The van der Waals surface area contributed by atoms with Crippen LogP contribution in [0.2, 0.25) is 0 Å². The lowest BCUT2D eigenvalue weighted by molar-refractivity contribution is -0.211. The maximum atomic E-state index is 11.3. The Kier molecular flexibility index (Phi) is 4.84. The summed E-state index contributed by atoms with van der Waals surface area (Å²) >= 11 is 0. The van der Waals surface area contributed by atoms with Crippen LogP contribution in [0.1, 0.15) is 20.8 Å². The van der Waals surface area contributed by atoms with E-state index in [1.165, 1.54) is 13.8 Å². The Labute approximate surface area is 126 Å². The van der Waals surface area contributed by atoms with Crippen LogP contribution in [0, 0.1) is 0 Å². The number of hydrogen-bond acceptors (Lipinski definition) is 8. The third-order valence-corrected chi connectivity index (χ3v) is 3.20. The molecule has 0 spiro atoms. The lowest BCUT2D eigenvalue weighted by Crippen LogP contribution is -2.57. The van der Waals surface area contributed by atoms with Gasteiger partial charge in [0, 0.05) is 25.7 Å². The van der Waals surface area contributed by atoms with E-state index >= 15 is 0 Å². The van der Waals surface area contributed by atoms with Gasteiger partial charge in [-0.25, -0.2) is 4.99 Å². The van der Waals surface area contributed by atoms with Gasteiger partial charge in [-0.05, 0) is 5.53 Å². The zero-order chi connectivity index (χ0) is 16.3. The lowest BCUT2D eigenvalue weighted by Gasteiger charge is -2.39. The van der Waals surface area contributed by atoms with Crippen molar-refractivity contribution < 1.29 is 28.5 Å². The Bertz CT molecular complexity index is 544. The fraction of sp³-hybridized carbons (Fsp3) is 0.750. The van der Waals surface area contributed by atoms with Gasteiger partial charge in [0.15, 0.2) is 11.9 Å². The highest BCUT2D eigenvalue weighted by Crippen LogP contribution is 2.32. The van der Waals surface area contributed by atoms with Gasteiger partial charge in [-0.2, -0.15) is 0 Å². The van der Waals surface area contributed by atoms with Gasteiger partial charge in [0.1, 0.15) is 24.9 Å². The average Bonchev–Trinajstić information content (AvgIpc) is 2.79. The van der Waals surface area contributed by atoms with Gasteiger partial charge in [-0.1, -0.05) is 5.11 Å². The standard InChI is InChI=1S/C12H16N4O6/c1-5-14-10-11(21-7(3)18)9(15-16-13)8(4-19-6(2)17)22-12(10)20-5/h8-12H,4H2,1-3H3/t8?,9-,10?,11?,12+/m1/s1. The molecule has 2 heterocycles. The van der Waals surface area contributed by atoms with E-state index in [9.17, 15) is 9.59 Å². The molecule has 3 unspecified atom stereocenters. The Morgan fingerprint density at radius 2 is 2.14 bits per heavy atom. The molecule has 1 fully saturated rings. The summed E-state index contributed by atoms with van der Waals surface area (Å²) in [7, 11) is 0. The molecule has 0 saturated carbocycles. The van der Waals surface area contributed by atoms with Crippen LogP contribution in [-0.4, -0.2) is 55.0 Å². The van der Waals surface area contributed by atoms with Crippen molar-refractivity contribution >= 4 is 17.8 Å². The summed E-state index contributed by atoms with van der Waals surface area (Å²) < 4.78 is 21.2. The van der Waals surface area contributed by atoms with Crippen LogP contribution in [-0.2, 0) is 28.5 Å². The first-order valence-electron chi connectivity index (χ1n) is 6.63. The topological polar surface area (TPSA) is 132 Å². The van der Waals surface area contributed by atoms with Gasteiger partial charge in [0.05, 0.1) is 0 Å². The highest BCUT2D eigenvalue weighted by Gasteiger charge is 2.51. The molecule has 120 valence electrons. The summed E-state index contributed by atoms with van der Waals surface area (Å²) in [6.45, 7) is 3.97. The van der Waals surface area contributed by atoms with E-state index < -0.39 is 42.5 Å². The number of azide groups is 1. The SMILES string of the molecule is CC(=O)OCC1O[C@@H]2OC(C)=NC2C(OC(C)=O)[C@@H]1N=[N+]=[N-]. The van der Waals surface area contributed by atoms with Crippen molar-refractivity contribution in [3.05, 3.63) is 10.4 Å². The lowest BCUT2D eigenvalue weighted by atomic mass is 9.95. The molecule has 1 saturated heterocycles. The second-order valence-corrected chi connectivity index (χ2v) is 4.87. The number of hydrogen-bond donors (Lipinski definition) is 0. The first-order chi connectivity index (χ1) is 10.4. The predicted octanol–water partition coefficient (Wildman–Crippen LogP) is 0.702. The summed E-state index contributed by atoms with van der Waals surface area (Å²) in [5, 5.41) is 3.63. The zero-order valence-corrected chi connectivity index (χ0v) is 12.3. The van der Waals surface area contributed by atoms with Gasteiger partial charge in [-0.3, -0.25) is 9.59 Å². The highest BCUT2D eigenvalue weighted by molar-refractivity contribution is 5.75. The third kappa shape index (κ3) is 3.46. The first-order valence-corrected chi connectivity index (χ1v) is 6.63. The molecule has 10 nitrogen and oxygen atoms in total. The zero-order valence-electron chi connectivity index (χ0n) is 12.3. The van der Waals surface area contributed by atoms with E-state index in [-0.39, 0.29) is 6.61 Å². The van der Waals surface area contributed by atoms with Crippen LogP contribution in [0.15, 0.2) is 10.1 Å². The molecule has 22 heavy (non-hydrogen) atoms. The quantitative estimate of drug-likeness (QED) is 0.325. The molecule has 2 rings (SSSR count). The Hall–Kier alpha value is -2.32. The molecule has 0 N–H and O–H groups in total. The van der Waals surface area contributed by atoms with Gasteiger partial charge >= 0.3 is 11.9 Å². The van der Waals surface area contributed by atoms with Gasteiger partial charge in [-0.15, -0.1) is 0 Å².